The van der Waals surface area contributed by atoms with Crippen molar-refractivity contribution in [3.05, 3.63) is 0 Å². The minimum absolute atomic E-state index is 0.0448. The van der Waals surface area contributed by atoms with Crippen molar-refractivity contribution >= 4 is 5.97 Å². The number of likely N-dealkylation sites (tertiary alicyclic amines) is 1. The van der Waals surface area contributed by atoms with E-state index in [0.717, 1.165) is 0 Å². The van der Waals surface area contributed by atoms with Gasteiger partial charge in [-0.05, 0) is 6.42 Å². The van der Waals surface area contributed by atoms with E-state index in [0.29, 0.717) is 26.1 Å². The third kappa shape index (κ3) is 2.95. The number of carbonyl (C=O) groups is 1. The minimum atomic E-state index is -1.10. The molecule has 1 atom stereocenters. The van der Waals surface area contributed by atoms with Crippen molar-refractivity contribution < 1.29 is 20.1 Å². The summed E-state index contributed by atoms with van der Waals surface area (Å²) in [5, 5.41) is 26.9. The van der Waals surface area contributed by atoms with Crippen LogP contribution >= 0.6 is 0 Å². The van der Waals surface area contributed by atoms with Gasteiger partial charge < -0.3 is 15.3 Å². The van der Waals surface area contributed by atoms with E-state index in [1.807, 2.05) is 4.90 Å². The molecule has 0 aliphatic carbocycles. The lowest BCUT2D eigenvalue weighted by Gasteiger charge is -2.20. The zero-order chi connectivity index (χ0) is 9.90. The van der Waals surface area contributed by atoms with Crippen LogP contribution in [0.15, 0.2) is 0 Å². The van der Waals surface area contributed by atoms with Crippen molar-refractivity contribution in [1.29, 1.82) is 0 Å². The highest BCUT2D eigenvalue weighted by Gasteiger charge is 2.37. The molecule has 0 radical (unpaired) electrons. The average molecular weight is 189 g/mol. The predicted octanol–water partition coefficient (Wildman–Crippen LogP) is -1.11. The van der Waals surface area contributed by atoms with Crippen LogP contribution in [-0.2, 0) is 4.79 Å². The molecule has 0 saturated carbocycles. The Labute approximate surface area is 76.6 Å². The summed E-state index contributed by atoms with van der Waals surface area (Å²) >= 11 is 0. The van der Waals surface area contributed by atoms with Crippen LogP contribution in [0.2, 0.25) is 0 Å². The lowest BCUT2D eigenvalue weighted by atomic mass is 9.99. The first-order chi connectivity index (χ1) is 6.06. The maximum absolute atomic E-state index is 10.4. The van der Waals surface area contributed by atoms with Crippen molar-refractivity contribution in [3.8, 4) is 0 Å². The first kappa shape index (κ1) is 10.4. The molecule has 0 amide bonds. The van der Waals surface area contributed by atoms with Gasteiger partial charge >= 0.3 is 5.97 Å². The highest BCUT2D eigenvalue weighted by atomic mass is 16.4. The molecule has 1 saturated heterocycles. The Kier molecular flexibility index (Phi) is 3.24. The normalized spacial score (nSPS) is 29.4. The zero-order valence-electron chi connectivity index (χ0n) is 7.44. The molecule has 0 aromatic rings. The third-order valence-electron chi connectivity index (χ3n) is 2.31. The summed E-state index contributed by atoms with van der Waals surface area (Å²) < 4.78 is 0. The summed E-state index contributed by atoms with van der Waals surface area (Å²) in [6, 6.07) is 0. The van der Waals surface area contributed by atoms with Crippen LogP contribution < -0.4 is 0 Å². The molecule has 3 N–H and O–H groups in total. The average Bonchev–Trinajstić information content (AvgIpc) is 2.31. The van der Waals surface area contributed by atoms with E-state index in [4.69, 9.17) is 10.2 Å². The molecule has 0 aromatic heterocycles. The number of hydrogen-bond donors (Lipinski definition) is 3. The van der Waals surface area contributed by atoms with Crippen LogP contribution in [0.1, 0.15) is 12.8 Å². The topological polar surface area (TPSA) is 81.0 Å². The highest BCUT2D eigenvalue weighted by molar-refractivity contribution is 5.68. The number of aliphatic hydroxyl groups is 2. The van der Waals surface area contributed by atoms with Gasteiger partial charge in [0.05, 0.1) is 18.6 Å². The van der Waals surface area contributed by atoms with Gasteiger partial charge in [0.1, 0.15) is 0 Å². The lowest BCUT2D eigenvalue weighted by molar-refractivity contribution is -0.142. The number of carboxylic acid groups (broad SMARTS) is 1. The van der Waals surface area contributed by atoms with Crippen molar-refractivity contribution in [3.63, 3.8) is 0 Å². The fourth-order valence-electron chi connectivity index (χ4n) is 1.70. The van der Waals surface area contributed by atoms with Gasteiger partial charge in [0.25, 0.3) is 0 Å². The van der Waals surface area contributed by atoms with E-state index >= 15 is 0 Å². The molecule has 1 heterocycles. The number of β-amino-alcohol motifs (C(OH)–C–C–N with tert-alkyl or cyclic N) is 2. The van der Waals surface area contributed by atoms with Crippen molar-refractivity contribution in [2.24, 2.45) is 0 Å². The number of aliphatic carboxylic acids is 1. The second-order valence-corrected chi connectivity index (χ2v) is 3.54. The molecule has 5 heteroatoms. The summed E-state index contributed by atoms with van der Waals surface area (Å²) in [5.74, 6) is -0.978. The van der Waals surface area contributed by atoms with E-state index < -0.39 is 11.6 Å². The Morgan fingerprint density at radius 1 is 1.54 bits per heavy atom. The highest BCUT2D eigenvalue weighted by Crippen LogP contribution is 2.24. The van der Waals surface area contributed by atoms with Gasteiger partial charge in [0.15, 0.2) is 0 Å². The molecule has 1 fully saturated rings. The number of aliphatic hydroxyl groups excluding tert-OH is 1. The molecule has 0 bridgehead atoms. The Morgan fingerprint density at radius 3 is 2.77 bits per heavy atom. The van der Waals surface area contributed by atoms with Crippen molar-refractivity contribution in [1.82, 2.24) is 4.90 Å². The first-order valence-corrected chi connectivity index (χ1v) is 4.33. The summed E-state index contributed by atoms with van der Waals surface area (Å²) in [6.07, 6.45) is 0.258. The quantitative estimate of drug-likeness (QED) is 0.522. The Morgan fingerprint density at radius 2 is 2.23 bits per heavy atom. The minimum Gasteiger partial charge on any atom is -0.481 e. The number of rotatable bonds is 4. The zero-order valence-corrected chi connectivity index (χ0v) is 7.44. The van der Waals surface area contributed by atoms with Gasteiger partial charge in [0, 0.05) is 19.6 Å². The molecular formula is C8H15NO4. The van der Waals surface area contributed by atoms with E-state index in [-0.39, 0.29) is 13.0 Å². The Hall–Kier alpha value is -0.650. The number of hydrogen-bond acceptors (Lipinski definition) is 4. The molecule has 76 valence electrons. The lowest BCUT2D eigenvalue weighted by Crippen LogP contribution is -2.36. The van der Waals surface area contributed by atoms with Gasteiger partial charge in [-0.15, -0.1) is 0 Å². The molecule has 1 aliphatic heterocycles. The van der Waals surface area contributed by atoms with Gasteiger partial charge in [-0.1, -0.05) is 0 Å². The van der Waals surface area contributed by atoms with Gasteiger partial charge in [0.2, 0.25) is 0 Å². The summed E-state index contributed by atoms with van der Waals surface area (Å²) in [5.41, 5.74) is -1.10. The van der Waals surface area contributed by atoms with E-state index in [2.05, 4.69) is 0 Å². The number of carboxylic acids is 1. The van der Waals surface area contributed by atoms with Gasteiger partial charge in [-0.25, -0.2) is 0 Å². The second-order valence-electron chi connectivity index (χ2n) is 3.54. The van der Waals surface area contributed by atoms with Crippen LogP contribution in [0.4, 0.5) is 0 Å². The van der Waals surface area contributed by atoms with Gasteiger partial charge in [-0.2, -0.15) is 0 Å². The molecule has 0 spiro atoms. The van der Waals surface area contributed by atoms with Crippen molar-refractivity contribution in [2.75, 3.05) is 26.2 Å². The fourth-order valence-corrected chi connectivity index (χ4v) is 1.70. The van der Waals surface area contributed by atoms with Crippen LogP contribution in [0, 0.1) is 0 Å². The van der Waals surface area contributed by atoms with Crippen LogP contribution in [-0.4, -0.2) is 58.0 Å². The van der Waals surface area contributed by atoms with E-state index in [1.165, 1.54) is 0 Å². The maximum Gasteiger partial charge on any atom is 0.306 e. The molecule has 1 rings (SSSR count). The van der Waals surface area contributed by atoms with Gasteiger partial charge in [-0.3, -0.25) is 9.69 Å². The predicted molar refractivity (Wildman–Crippen MR) is 45.3 cm³/mol. The monoisotopic (exact) mass is 189 g/mol. The SMILES string of the molecule is O=C(O)CC1(O)CCN(CCO)C1. The smallest absolute Gasteiger partial charge is 0.306 e. The largest absolute Gasteiger partial charge is 0.481 e. The summed E-state index contributed by atoms with van der Waals surface area (Å²) in [7, 11) is 0. The molecule has 13 heavy (non-hydrogen) atoms. The van der Waals surface area contributed by atoms with Crippen molar-refractivity contribution in [2.45, 2.75) is 18.4 Å². The molecule has 0 aromatic carbocycles. The van der Waals surface area contributed by atoms with E-state index in [9.17, 15) is 9.90 Å². The summed E-state index contributed by atoms with van der Waals surface area (Å²) in [6.45, 7) is 1.55. The van der Waals surface area contributed by atoms with E-state index in [1.54, 1.807) is 0 Å². The maximum atomic E-state index is 10.4. The number of nitrogens with zero attached hydrogens (tertiary/aromatic N) is 1. The first-order valence-electron chi connectivity index (χ1n) is 4.33. The Balaban J connectivity index is 2.41. The molecular weight excluding hydrogens is 174 g/mol. The third-order valence-corrected chi connectivity index (χ3v) is 2.31. The summed E-state index contributed by atoms with van der Waals surface area (Å²) in [4.78, 5) is 12.3. The molecule has 1 aliphatic rings. The van der Waals surface area contributed by atoms with Crippen LogP contribution in [0.25, 0.3) is 0 Å². The second kappa shape index (κ2) is 4.04. The van der Waals surface area contributed by atoms with Crippen LogP contribution in [0.5, 0.6) is 0 Å². The van der Waals surface area contributed by atoms with Crippen LogP contribution in [0.3, 0.4) is 0 Å². The Bertz CT molecular complexity index is 197. The molecule has 1 unspecified atom stereocenters. The molecule has 5 nitrogen and oxygen atoms in total. The standard InChI is InChI=1S/C8H15NO4/c10-4-3-9-2-1-8(13,6-9)5-7(11)12/h10,13H,1-6H2,(H,11,12). The fraction of sp³-hybridized carbons (Fsp3) is 0.875.